The van der Waals surface area contributed by atoms with E-state index in [4.69, 9.17) is 10.6 Å². The van der Waals surface area contributed by atoms with Crippen LogP contribution in [0.2, 0.25) is 0 Å². The summed E-state index contributed by atoms with van der Waals surface area (Å²) in [5.41, 5.74) is 3.04. The second kappa shape index (κ2) is 5.50. The van der Waals surface area contributed by atoms with Crippen molar-refractivity contribution in [1.82, 2.24) is 10.7 Å². The van der Waals surface area contributed by atoms with Crippen molar-refractivity contribution in [3.63, 3.8) is 0 Å². The van der Waals surface area contributed by atoms with Crippen molar-refractivity contribution >= 4 is 5.96 Å². The summed E-state index contributed by atoms with van der Waals surface area (Å²) in [5, 5.41) is 3.17. The Morgan fingerprint density at radius 1 is 1.62 bits per heavy atom. The molecular weight excluding hydrogens is 204 g/mol. The highest BCUT2D eigenvalue weighted by molar-refractivity contribution is 5.79. The van der Waals surface area contributed by atoms with Crippen molar-refractivity contribution in [3.8, 4) is 0 Å². The minimum absolute atomic E-state index is 0.201. The average Bonchev–Trinajstić information content (AvgIpc) is 2.81. The Hall–Kier alpha value is -0.810. The van der Waals surface area contributed by atoms with Gasteiger partial charge in [-0.3, -0.25) is 10.4 Å². The van der Waals surface area contributed by atoms with Crippen molar-refractivity contribution in [1.29, 1.82) is 0 Å². The Kier molecular flexibility index (Phi) is 4.56. The average molecular weight is 228 g/mol. The van der Waals surface area contributed by atoms with Crippen LogP contribution in [-0.4, -0.2) is 32.3 Å². The van der Waals surface area contributed by atoms with E-state index in [1.807, 2.05) is 6.92 Å². The molecule has 0 aromatic carbocycles. The molecule has 0 saturated heterocycles. The lowest BCUT2D eigenvalue weighted by Crippen LogP contribution is -2.47. The quantitative estimate of drug-likeness (QED) is 0.277. The van der Waals surface area contributed by atoms with E-state index in [-0.39, 0.29) is 6.04 Å². The number of nitrogens with one attached hydrogen (secondary N) is 2. The van der Waals surface area contributed by atoms with E-state index >= 15 is 0 Å². The van der Waals surface area contributed by atoms with Crippen molar-refractivity contribution in [2.45, 2.75) is 33.2 Å². The van der Waals surface area contributed by atoms with Crippen LogP contribution in [0.15, 0.2) is 4.99 Å². The van der Waals surface area contributed by atoms with Crippen LogP contribution in [0.25, 0.3) is 0 Å². The van der Waals surface area contributed by atoms with Gasteiger partial charge in [0.1, 0.15) is 0 Å². The molecule has 1 saturated carbocycles. The molecule has 0 aromatic heterocycles. The molecule has 2 unspecified atom stereocenters. The number of hydrazine groups is 1. The zero-order chi connectivity index (χ0) is 12.2. The minimum Gasteiger partial charge on any atom is -0.383 e. The topological polar surface area (TPSA) is 71.7 Å². The Labute approximate surface area is 97.8 Å². The molecule has 0 aliphatic heterocycles. The third-order valence-corrected chi connectivity index (χ3v) is 3.12. The van der Waals surface area contributed by atoms with Crippen molar-refractivity contribution in [2.75, 3.05) is 20.3 Å². The highest BCUT2D eigenvalue weighted by Crippen LogP contribution is 2.51. The fourth-order valence-electron chi connectivity index (χ4n) is 1.75. The first-order valence-electron chi connectivity index (χ1n) is 5.76. The minimum atomic E-state index is 0.201. The van der Waals surface area contributed by atoms with E-state index in [1.165, 1.54) is 6.42 Å². The van der Waals surface area contributed by atoms with Gasteiger partial charge in [0.25, 0.3) is 0 Å². The van der Waals surface area contributed by atoms with Gasteiger partial charge in [0.15, 0.2) is 0 Å². The summed E-state index contributed by atoms with van der Waals surface area (Å²) >= 11 is 0. The number of nitrogens with zero attached hydrogens (tertiary/aromatic N) is 1. The monoisotopic (exact) mass is 228 g/mol. The Balaban J connectivity index is 2.33. The molecule has 1 rings (SSSR count). The summed E-state index contributed by atoms with van der Waals surface area (Å²) in [5.74, 6) is 6.74. The summed E-state index contributed by atoms with van der Waals surface area (Å²) in [4.78, 5) is 4.44. The highest BCUT2D eigenvalue weighted by atomic mass is 16.5. The molecule has 0 spiro atoms. The van der Waals surface area contributed by atoms with Crippen LogP contribution in [0.4, 0.5) is 0 Å². The smallest absolute Gasteiger partial charge is 0.206 e. The lowest BCUT2D eigenvalue weighted by atomic mass is 10.1. The van der Waals surface area contributed by atoms with Crippen LogP contribution in [0, 0.1) is 11.3 Å². The number of hydrogen-bond acceptors (Lipinski definition) is 3. The SMILES string of the molecule is COCC(C)NC(=NCC1CC1(C)C)NN. The van der Waals surface area contributed by atoms with Gasteiger partial charge in [-0.25, -0.2) is 5.84 Å². The molecule has 0 aromatic rings. The molecule has 2 atom stereocenters. The zero-order valence-electron chi connectivity index (χ0n) is 10.7. The predicted octanol–water partition coefficient (Wildman–Crippen LogP) is 0.476. The van der Waals surface area contributed by atoms with Crippen LogP contribution in [0.5, 0.6) is 0 Å². The lowest BCUT2D eigenvalue weighted by Gasteiger charge is -2.15. The molecule has 0 bridgehead atoms. The summed E-state index contributed by atoms with van der Waals surface area (Å²) in [6.45, 7) is 8.03. The van der Waals surface area contributed by atoms with Gasteiger partial charge in [0, 0.05) is 19.7 Å². The van der Waals surface area contributed by atoms with Gasteiger partial charge in [-0.2, -0.15) is 0 Å². The first-order chi connectivity index (χ1) is 7.49. The van der Waals surface area contributed by atoms with Gasteiger partial charge in [0.05, 0.1) is 6.61 Å². The van der Waals surface area contributed by atoms with Crippen LogP contribution >= 0.6 is 0 Å². The molecule has 1 aliphatic carbocycles. The number of aliphatic imine (C=N–C) groups is 1. The van der Waals surface area contributed by atoms with Gasteiger partial charge in [0.2, 0.25) is 5.96 Å². The molecule has 4 N–H and O–H groups in total. The maximum absolute atomic E-state index is 5.41. The lowest BCUT2D eigenvalue weighted by molar-refractivity contribution is 0.179. The summed E-state index contributed by atoms with van der Waals surface area (Å²) in [6.07, 6.45) is 1.25. The molecule has 16 heavy (non-hydrogen) atoms. The molecule has 5 nitrogen and oxygen atoms in total. The molecule has 0 heterocycles. The van der Waals surface area contributed by atoms with Crippen LogP contribution in [0.3, 0.4) is 0 Å². The standard InChI is InChI=1S/C11H24N4O/c1-8(7-16-4)14-10(15-12)13-6-9-5-11(9,2)3/h8-9H,5-7,12H2,1-4H3,(H2,13,14,15). The number of nitrogens with two attached hydrogens (primary N) is 1. The molecule has 94 valence electrons. The highest BCUT2D eigenvalue weighted by Gasteiger charge is 2.45. The molecule has 1 fully saturated rings. The molecule has 5 heteroatoms. The van der Waals surface area contributed by atoms with Crippen LogP contribution in [-0.2, 0) is 4.74 Å². The van der Waals surface area contributed by atoms with Gasteiger partial charge >= 0.3 is 0 Å². The van der Waals surface area contributed by atoms with E-state index < -0.39 is 0 Å². The van der Waals surface area contributed by atoms with Gasteiger partial charge in [-0.1, -0.05) is 13.8 Å². The fourth-order valence-corrected chi connectivity index (χ4v) is 1.75. The van der Waals surface area contributed by atoms with E-state index in [9.17, 15) is 0 Å². The molecular formula is C11H24N4O. The maximum atomic E-state index is 5.41. The normalized spacial score (nSPS) is 25.1. The van der Waals surface area contributed by atoms with Gasteiger partial charge < -0.3 is 10.1 Å². The number of methoxy groups -OCH3 is 1. The Morgan fingerprint density at radius 3 is 2.69 bits per heavy atom. The van der Waals surface area contributed by atoms with Gasteiger partial charge in [-0.15, -0.1) is 0 Å². The van der Waals surface area contributed by atoms with E-state index in [2.05, 4.69) is 29.6 Å². The molecule has 1 aliphatic rings. The Morgan fingerprint density at radius 2 is 2.25 bits per heavy atom. The fraction of sp³-hybridized carbons (Fsp3) is 0.909. The first-order valence-corrected chi connectivity index (χ1v) is 5.76. The largest absolute Gasteiger partial charge is 0.383 e. The second-order valence-electron chi connectivity index (χ2n) is 5.22. The second-order valence-corrected chi connectivity index (χ2v) is 5.22. The molecule has 0 amide bonds. The van der Waals surface area contributed by atoms with Crippen molar-refractivity contribution in [3.05, 3.63) is 0 Å². The van der Waals surface area contributed by atoms with Crippen molar-refractivity contribution in [2.24, 2.45) is 22.2 Å². The third-order valence-electron chi connectivity index (χ3n) is 3.12. The first kappa shape index (κ1) is 13.3. The third kappa shape index (κ3) is 3.98. The summed E-state index contributed by atoms with van der Waals surface area (Å²) in [7, 11) is 1.68. The maximum Gasteiger partial charge on any atom is 0.206 e. The zero-order valence-corrected chi connectivity index (χ0v) is 10.7. The Bertz CT molecular complexity index is 252. The summed E-state index contributed by atoms with van der Waals surface area (Å²) in [6, 6.07) is 0.201. The van der Waals surface area contributed by atoms with Gasteiger partial charge in [-0.05, 0) is 24.7 Å². The number of rotatable bonds is 5. The number of guanidine groups is 1. The summed E-state index contributed by atoms with van der Waals surface area (Å²) < 4.78 is 5.03. The number of hydrogen-bond donors (Lipinski definition) is 3. The van der Waals surface area contributed by atoms with E-state index in [0.29, 0.717) is 23.9 Å². The van der Waals surface area contributed by atoms with E-state index in [0.717, 1.165) is 6.54 Å². The van der Waals surface area contributed by atoms with Crippen molar-refractivity contribution < 1.29 is 4.74 Å². The van der Waals surface area contributed by atoms with Crippen LogP contribution in [0.1, 0.15) is 27.2 Å². The predicted molar refractivity (Wildman–Crippen MR) is 66.0 cm³/mol. The van der Waals surface area contributed by atoms with Crippen LogP contribution < -0.4 is 16.6 Å². The molecule has 0 radical (unpaired) electrons. The number of ether oxygens (including phenoxy) is 1. The van der Waals surface area contributed by atoms with E-state index in [1.54, 1.807) is 7.11 Å².